The summed E-state index contributed by atoms with van der Waals surface area (Å²) < 4.78 is 0. The molecule has 0 saturated heterocycles. The van der Waals surface area contributed by atoms with Gasteiger partial charge in [0.1, 0.15) is 11.5 Å². The lowest BCUT2D eigenvalue weighted by Gasteiger charge is -2.11. The summed E-state index contributed by atoms with van der Waals surface area (Å²) in [6.07, 6.45) is 1.97. The topological polar surface area (TPSA) is 40.5 Å². The van der Waals surface area contributed by atoms with Crippen molar-refractivity contribution in [2.75, 3.05) is 6.26 Å². The third-order valence-corrected chi connectivity index (χ3v) is 2.71. The fourth-order valence-corrected chi connectivity index (χ4v) is 1.97. The van der Waals surface area contributed by atoms with Gasteiger partial charge in [-0.05, 0) is 37.3 Å². The van der Waals surface area contributed by atoms with Gasteiger partial charge in [0.05, 0.1) is 0 Å². The minimum atomic E-state index is 0.280. The summed E-state index contributed by atoms with van der Waals surface area (Å²) in [6.45, 7) is 3.61. The number of benzene rings is 1. The predicted molar refractivity (Wildman–Crippen MR) is 56.5 cm³/mol. The first kappa shape index (κ1) is 10.3. The van der Waals surface area contributed by atoms with E-state index in [0.29, 0.717) is 5.75 Å². The average Bonchev–Trinajstić information content (AvgIpc) is 2.09. The molecule has 1 aromatic rings. The standard InChI is InChI=1S/C10H14O2S/c1-6-4-9(11)8(5-13-3)7(2)10(6)12/h4,11-12H,5H2,1-3H3. The predicted octanol–water partition coefficient (Wildman–Crippen LogP) is 2.58. The van der Waals surface area contributed by atoms with Gasteiger partial charge in [0.25, 0.3) is 0 Å². The first-order valence-corrected chi connectivity index (χ1v) is 5.47. The van der Waals surface area contributed by atoms with Crippen LogP contribution in [0.5, 0.6) is 11.5 Å². The second-order valence-electron chi connectivity index (χ2n) is 3.10. The number of aromatic hydroxyl groups is 2. The normalized spacial score (nSPS) is 10.4. The maximum atomic E-state index is 9.62. The third-order valence-electron chi connectivity index (χ3n) is 2.13. The summed E-state index contributed by atoms with van der Waals surface area (Å²) in [4.78, 5) is 0. The Kier molecular flexibility index (Phi) is 3.09. The van der Waals surface area contributed by atoms with E-state index in [1.54, 1.807) is 24.8 Å². The Balaban J connectivity index is 3.26. The SMILES string of the molecule is CSCc1c(O)cc(C)c(O)c1C. The van der Waals surface area contributed by atoms with Gasteiger partial charge in [-0.1, -0.05) is 0 Å². The van der Waals surface area contributed by atoms with E-state index in [-0.39, 0.29) is 5.75 Å². The molecule has 0 unspecified atom stereocenters. The van der Waals surface area contributed by atoms with Crippen molar-refractivity contribution in [1.29, 1.82) is 0 Å². The van der Waals surface area contributed by atoms with Gasteiger partial charge in [0.15, 0.2) is 0 Å². The zero-order valence-corrected chi connectivity index (χ0v) is 8.90. The summed E-state index contributed by atoms with van der Waals surface area (Å²) in [6, 6.07) is 1.61. The number of thioether (sulfide) groups is 1. The molecule has 1 rings (SSSR count). The molecule has 0 bridgehead atoms. The van der Waals surface area contributed by atoms with Crippen molar-refractivity contribution in [1.82, 2.24) is 0 Å². The van der Waals surface area contributed by atoms with E-state index in [4.69, 9.17) is 0 Å². The summed E-state index contributed by atoms with van der Waals surface area (Å²) in [5.74, 6) is 1.30. The molecule has 0 fully saturated rings. The van der Waals surface area contributed by atoms with E-state index < -0.39 is 0 Å². The van der Waals surface area contributed by atoms with Crippen LogP contribution in [0.25, 0.3) is 0 Å². The molecule has 3 heteroatoms. The van der Waals surface area contributed by atoms with E-state index in [1.807, 2.05) is 13.2 Å². The highest BCUT2D eigenvalue weighted by molar-refractivity contribution is 7.97. The van der Waals surface area contributed by atoms with Crippen LogP contribution in [0, 0.1) is 13.8 Å². The van der Waals surface area contributed by atoms with E-state index in [1.165, 1.54) is 0 Å². The summed E-state index contributed by atoms with van der Waals surface area (Å²) >= 11 is 1.63. The van der Waals surface area contributed by atoms with Crippen molar-refractivity contribution < 1.29 is 10.2 Å². The number of aryl methyl sites for hydroxylation is 1. The molecule has 0 aliphatic rings. The molecule has 0 heterocycles. The molecule has 72 valence electrons. The van der Waals surface area contributed by atoms with Gasteiger partial charge in [-0.3, -0.25) is 0 Å². The molecule has 0 aromatic heterocycles. The van der Waals surface area contributed by atoms with Crippen molar-refractivity contribution in [2.45, 2.75) is 19.6 Å². The largest absolute Gasteiger partial charge is 0.508 e. The maximum Gasteiger partial charge on any atom is 0.121 e. The lowest BCUT2D eigenvalue weighted by Crippen LogP contribution is -1.90. The van der Waals surface area contributed by atoms with E-state index in [9.17, 15) is 10.2 Å². The highest BCUT2D eigenvalue weighted by Gasteiger charge is 2.10. The fraction of sp³-hybridized carbons (Fsp3) is 0.400. The van der Waals surface area contributed by atoms with Crippen molar-refractivity contribution in [3.63, 3.8) is 0 Å². The van der Waals surface area contributed by atoms with Crippen molar-refractivity contribution >= 4 is 11.8 Å². The Bertz CT molecular complexity index is 321. The molecule has 0 atom stereocenters. The third kappa shape index (κ3) is 1.91. The van der Waals surface area contributed by atoms with Crippen LogP contribution in [0.3, 0.4) is 0 Å². The smallest absolute Gasteiger partial charge is 0.121 e. The van der Waals surface area contributed by atoms with Crippen molar-refractivity contribution in [3.8, 4) is 11.5 Å². The van der Waals surface area contributed by atoms with Crippen LogP contribution in [-0.2, 0) is 5.75 Å². The van der Waals surface area contributed by atoms with Crippen LogP contribution >= 0.6 is 11.8 Å². The second kappa shape index (κ2) is 3.92. The van der Waals surface area contributed by atoms with Gasteiger partial charge in [-0.2, -0.15) is 11.8 Å². The van der Waals surface area contributed by atoms with Gasteiger partial charge in [-0.15, -0.1) is 0 Å². The number of rotatable bonds is 2. The first-order valence-electron chi connectivity index (χ1n) is 4.08. The van der Waals surface area contributed by atoms with E-state index >= 15 is 0 Å². The quantitative estimate of drug-likeness (QED) is 0.717. The number of hydrogen-bond donors (Lipinski definition) is 2. The van der Waals surface area contributed by atoms with Crippen LogP contribution in [0.15, 0.2) is 6.07 Å². The molecular formula is C10H14O2S. The van der Waals surface area contributed by atoms with E-state index in [0.717, 1.165) is 22.4 Å². The zero-order chi connectivity index (χ0) is 10.0. The van der Waals surface area contributed by atoms with Gasteiger partial charge in [0.2, 0.25) is 0 Å². The number of hydrogen-bond acceptors (Lipinski definition) is 3. The lowest BCUT2D eigenvalue weighted by atomic mass is 10.0. The molecule has 0 aliphatic carbocycles. The Labute approximate surface area is 82.6 Å². The maximum absolute atomic E-state index is 9.62. The second-order valence-corrected chi connectivity index (χ2v) is 3.96. The van der Waals surface area contributed by atoms with Crippen LogP contribution in [0.2, 0.25) is 0 Å². The number of phenolic OH excluding ortho intramolecular Hbond substituents is 2. The highest BCUT2D eigenvalue weighted by atomic mass is 32.2. The molecule has 0 radical (unpaired) electrons. The molecule has 13 heavy (non-hydrogen) atoms. The van der Waals surface area contributed by atoms with Gasteiger partial charge in [-0.25, -0.2) is 0 Å². The van der Waals surface area contributed by atoms with Crippen LogP contribution in [0.1, 0.15) is 16.7 Å². The molecule has 0 spiro atoms. The summed E-state index contributed by atoms with van der Waals surface area (Å²) in [7, 11) is 0. The van der Waals surface area contributed by atoms with E-state index in [2.05, 4.69) is 0 Å². The Morgan fingerprint density at radius 1 is 1.31 bits per heavy atom. The fourth-order valence-electron chi connectivity index (χ4n) is 1.32. The first-order chi connectivity index (χ1) is 6.07. The summed E-state index contributed by atoms with van der Waals surface area (Å²) in [5.41, 5.74) is 2.34. The molecule has 0 saturated carbocycles. The monoisotopic (exact) mass is 198 g/mol. The molecule has 2 nitrogen and oxygen atoms in total. The Morgan fingerprint density at radius 3 is 2.46 bits per heavy atom. The van der Waals surface area contributed by atoms with Gasteiger partial charge in [0, 0.05) is 11.3 Å². The minimum absolute atomic E-state index is 0.280. The molecular weight excluding hydrogens is 184 g/mol. The minimum Gasteiger partial charge on any atom is -0.508 e. The van der Waals surface area contributed by atoms with Gasteiger partial charge >= 0.3 is 0 Å². The van der Waals surface area contributed by atoms with Crippen LogP contribution < -0.4 is 0 Å². The Morgan fingerprint density at radius 2 is 1.92 bits per heavy atom. The molecule has 0 aliphatic heterocycles. The highest BCUT2D eigenvalue weighted by Crippen LogP contribution is 2.33. The Hall–Kier alpha value is -0.830. The van der Waals surface area contributed by atoms with Crippen LogP contribution in [-0.4, -0.2) is 16.5 Å². The average molecular weight is 198 g/mol. The van der Waals surface area contributed by atoms with Crippen molar-refractivity contribution in [2.24, 2.45) is 0 Å². The van der Waals surface area contributed by atoms with Gasteiger partial charge < -0.3 is 10.2 Å². The lowest BCUT2D eigenvalue weighted by molar-refractivity contribution is 0.449. The molecule has 2 N–H and O–H groups in total. The summed E-state index contributed by atoms with van der Waals surface area (Å²) in [5, 5.41) is 19.2. The molecule has 0 amide bonds. The molecule has 1 aromatic carbocycles. The van der Waals surface area contributed by atoms with Crippen LogP contribution in [0.4, 0.5) is 0 Å². The number of phenols is 2. The van der Waals surface area contributed by atoms with Crippen molar-refractivity contribution in [3.05, 3.63) is 22.8 Å². The zero-order valence-electron chi connectivity index (χ0n) is 8.09.